The van der Waals surface area contributed by atoms with Crippen molar-refractivity contribution in [3.63, 3.8) is 0 Å². The molecule has 1 N–H and O–H groups in total. The Hall–Kier alpha value is -1.26. The van der Waals surface area contributed by atoms with E-state index in [4.69, 9.17) is 9.47 Å². The summed E-state index contributed by atoms with van der Waals surface area (Å²) in [4.78, 5) is 24.1. The lowest BCUT2D eigenvalue weighted by atomic mass is 9.99. The molecule has 0 rings (SSSR count). The van der Waals surface area contributed by atoms with E-state index in [1.165, 1.54) is 32.1 Å². The number of esters is 1. The second kappa shape index (κ2) is 16.2. The summed E-state index contributed by atoms with van der Waals surface area (Å²) in [5.41, 5.74) is 0. The summed E-state index contributed by atoms with van der Waals surface area (Å²) in [5, 5.41) is 2.67. The molecule has 0 aromatic carbocycles. The lowest BCUT2D eigenvalue weighted by Crippen LogP contribution is -2.46. The number of carbonyl (C=O) groups excluding carboxylic acids is 2. The van der Waals surface area contributed by atoms with Crippen molar-refractivity contribution in [1.82, 2.24) is 5.32 Å². The van der Waals surface area contributed by atoms with Crippen molar-refractivity contribution >= 4 is 12.1 Å². The van der Waals surface area contributed by atoms with Crippen LogP contribution in [0, 0.1) is 5.92 Å². The lowest BCUT2D eigenvalue weighted by molar-refractivity contribution is -0.147. The molecule has 0 aliphatic rings. The number of carbonyl (C=O) groups is 2. The van der Waals surface area contributed by atoms with Crippen molar-refractivity contribution in [2.75, 3.05) is 13.2 Å². The highest BCUT2D eigenvalue weighted by Gasteiger charge is 2.27. The standard InChI is InChI=1S/C20H39NO4/c1-5-8-10-11-12-13-14-16-24-19(22)18(17(4)7-3)21-20(23)25-15-9-6-2/h17-18H,5-16H2,1-4H3,(H,21,23)/t17?,18-/m0/s1. The van der Waals surface area contributed by atoms with Crippen LogP contribution in [0.3, 0.4) is 0 Å². The first-order valence-electron chi connectivity index (χ1n) is 10.2. The summed E-state index contributed by atoms with van der Waals surface area (Å²) in [6.45, 7) is 8.97. The number of unbranched alkanes of at least 4 members (excludes halogenated alkanes) is 7. The molecule has 5 heteroatoms. The van der Waals surface area contributed by atoms with Crippen molar-refractivity contribution < 1.29 is 19.1 Å². The number of nitrogens with one attached hydrogen (secondary N) is 1. The van der Waals surface area contributed by atoms with Gasteiger partial charge in [-0.3, -0.25) is 0 Å². The van der Waals surface area contributed by atoms with E-state index in [9.17, 15) is 9.59 Å². The molecule has 148 valence electrons. The predicted molar refractivity (Wildman–Crippen MR) is 102 cm³/mol. The first kappa shape index (κ1) is 23.7. The zero-order chi connectivity index (χ0) is 18.9. The lowest BCUT2D eigenvalue weighted by Gasteiger charge is -2.22. The minimum Gasteiger partial charge on any atom is -0.464 e. The Balaban J connectivity index is 4.08. The largest absolute Gasteiger partial charge is 0.464 e. The van der Waals surface area contributed by atoms with Crippen LogP contribution in [-0.4, -0.2) is 31.3 Å². The van der Waals surface area contributed by atoms with Gasteiger partial charge in [0, 0.05) is 0 Å². The van der Waals surface area contributed by atoms with Gasteiger partial charge in [0.2, 0.25) is 0 Å². The maximum absolute atomic E-state index is 12.3. The number of rotatable bonds is 15. The highest BCUT2D eigenvalue weighted by atomic mass is 16.6. The second-order valence-corrected chi connectivity index (χ2v) is 6.79. The first-order valence-corrected chi connectivity index (χ1v) is 10.2. The molecule has 2 atom stereocenters. The minimum absolute atomic E-state index is 0.0141. The van der Waals surface area contributed by atoms with Gasteiger partial charge in [0.15, 0.2) is 0 Å². The van der Waals surface area contributed by atoms with Crippen molar-refractivity contribution in [2.24, 2.45) is 5.92 Å². The van der Waals surface area contributed by atoms with Gasteiger partial charge in [-0.05, 0) is 18.8 Å². The Kier molecular flexibility index (Phi) is 15.4. The third kappa shape index (κ3) is 12.7. The van der Waals surface area contributed by atoms with Crippen LogP contribution in [0.2, 0.25) is 0 Å². The maximum atomic E-state index is 12.3. The van der Waals surface area contributed by atoms with E-state index in [0.717, 1.165) is 32.1 Å². The van der Waals surface area contributed by atoms with E-state index in [1.54, 1.807) is 0 Å². The van der Waals surface area contributed by atoms with Gasteiger partial charge in [-0.15, -0.1) is 0 Å². The highest BCUT2D eigenvalue weighted by Crippen LogP contribution is 2.11. The van der Waals surface area contributed by atoms with Crippen molar-refractivity contribution in [3.05, 3.63) is 0 Å². The average molecular weight is 358 g/mol. The molecule has 0 spiro atoms. The fourth-order valence-electron chi connectivity index (χ4n) is 2.47. The van der Waals surface area contributed by atoms with Crippen molar-refractivity contribution in [1.29, 1.82) is 0 Å². The Morgan fingerprint density at radius 1 is 0.800 bits per heavy atom. The zero-order valence-corrected chi connectivity index (χ0v) is 16.8. The van der Waals surface area contributed by atoms with Crippen molar-refractivity contribution in [3.8, 4) is 0 Å². The van der Waals surface area contributed by atoms with Crippen LogP contribution in [-0.2, 0) is 14.3 Å². The minimum atomic E-state index is -0.635. The van der Waals surface area contributed by atoms with Crippen LogP contribution >= 0.6 is 0 Å². The molecule has 0 aromatic rings. The van der Waals surface area contributed by atoms with E-state index in [0.29, 0.717) is 13.2 Å². The monoisotopic (exact) mass is 357 g/mol. The van der Waals surface area contributed by atoms with Crippen LogP contribution in [0.4, 0.5) is 4.79 Å². The van der Waals surface area contributed by atoms with Crippen LogP contribution in [0.1, 0.15) is 91.9 Å². The molecule has 0 fully saturated rings. The normalized spacial score (nSPS) is 13.1. The predicted octanol–water partition coefficient (Wildman–Crippen LogP) is 5.22. The van der Waals surface area contributed by atoms with Crippen molar-refractivity contribution in [2.45, 2.75) is 97.9 Å². The van der Waals surface area contributed by atoms with Crippen LogP contribution in [0.25, 0.3) is 0 Å². The van der Waals surface area contributed by atoms with Crippen LogP contribution in [0.15, 0.2) is 0 Å². The number of ether oxygens (including phenoxy) is 2. The molecule has 0 aliphatic heterocycles. The van der Waals surface area contributed by atoms with Gasteiger partial charge in [-0.1, -0.05) is 79.1 Å². The van der Waals surface area contributed by atoms with Gasteiger partial charge in [0.05, 0.1) is 13.2 Å². The topological polar surface area (TPSA) is 64.6 Å². The van der Waals surface area contributed by atoms with Gasteiger partial charge in [0.1, 0.15) is 6.04 Å². The molecule has 0 bridgehead atoms. The van der Waals surface area contributed by atoms with Crippen LogP contribution < -0.4 is 5.32 Å². The molecular formula is C20H39NO4. The van der Waals surface area contributed by atoms with Gasteiger partial charge in [-0.25, -0.2) is 9.59 Å². The smallest absolute Gasteiger partial charge is 0.407 e. The Morgan fingerprint density at radius 3 is 1.96 bits per heavy atom. The summed E-state index contributed by atoms with van der Waals surface area (Å²) in [6, 6.07) is -0.635. The third-order valence-corrected chi connectivity index (χ3v) is 4.46. The zero-order valence-electron chi connectivity index (χ0n) is 16.8. The number of hydrogen-bond donors (Lipinski definition) is 1. The number of hydrogen-bond acceptors (Lipinski definition) is 4. The Labute approximate surface area is 154 Å². The summed E-state index contributed by atoms with van der Waals surface area (Å²) in [7, 11) is 0. The Bertz CT molecular complexity index is 347. The average Bonchev–Trinajstić information content (AvgIpc) is 2.61. The Morgan fingerprint density at radius 2 is 1.36 bits per heavy atom. The second-order valence-electron chi connectivity index (χ2n) is 6.79. The number of amides is 1. The maximum Gasteiger partial charge on any atom is 0.407 e. The molecule has 0 heterocycles. The fraction of sp³-hybridized carbons (Fsp3) is 0.900. The first-order chi connectivity index (χ1) is 12.1. The van der Waals surface area contributed by atoms with Gasteiger partial charge >= 0.3 is 12.1 Å². The molecule has 25 heavy (non-hydrogen) atoms. The molecule has 0 saturated carbocycles. The van der Waals surface area contributed by atoms with E-state index >= 15 is 0 Å². The summed E-state index contributed by atoms with van der Waals surface area (Å²) in [6.07, 6.45) is 10.3. The quantitative estimate of drug-likeness (QED) is 0.322. The molecule has 5 nitrogen and oxygen atoms in total. The van der Waals surface area contributed by atoms with Gasteiger partial charge < -0.3 is 14.8 Å². The summed E-state index contributed by atoms with van der Waals surface area (Å²) in [5.74, 6) is -0.340. The SMILES string of the molecule is CCCCCCCCCOC(=O)[C@@H](NC(=O)OCCCC)C(C)CC. The molecule has 0 saturated heterocycles. The summed E-state index contributed by atoms with van der Waals surface area (Å²) < 4.78 is 10.5. The molecule has 0 aromatic heterocycles. The van der Waals surface area contributed by atoms with Gasteiger partial charge in [0.25, 0.3) is 0 Å². The van der Waals surface area contributed by atoms with Gasteiger partial charge in [-0.2, -0.15) is 0 Å². The summed E-state index contributed by atoms with van der Waals surface area (Å²) >= 11 is 0. The van der Waals surface area contributed by atoms with Crippen LogP contribution in [0.5, 0.6) is 0 Å². The van der Waals surface area contributed by atoms with E-state index in [1.807, 2.05) is 20.8 Å². The fourth-order valence-corrected chi connectivity index (χ4v) is 2.47. The van der Waals surface area contributed by atoms with E-state index < -0.39 is 12.1 Å². The van der Waals surface area contributed by atoms with E-state index in [-0.39, 0.29) is 11.9 Å². The molecule has 1 unspecified atom stereocenters. The molecule has 1 amide bonds. The van der Waals surface area contributed by atoms with E-state index in [2.05, 4.69) is 12.2 Å². The number of alkyl carbamates (subject to hydrolysis) is 1. The molecular weight excluding hydrogens is 318 g/mol. The molecule has 0 aliphatic carbocycles. The highest BCUT2D eigenvalue weighted by molar-refractivity contribution is 5.81. The third-order valence-electron chi connectivity index (χ3n) is 4.46. The molecule has 0 radical (unpaired) electrons.